The number of nitrogens with one attached hydrogen (secondary N) is 1. The first-order valence-electron chi connectivity index (χ1n) is 7.80. The molecule has 126 valence electrons. The van der Waals surface area contributed by atoms with E-state index in [2.05, 4.69) is 15.5 Å². The van der Waals surface area contributed by atoms with Crippen LogP contribution in [0, 0.1) is 13.8 Å². The Morgan fingerprint density at radius 2 is 2.12 bits per heavy atom. The maximum absolute atomic E-state index is 9.39. The molecule has 0 saturated heterocycles. The van der Waals surface area contributed by atoms with Crippen LogP contribution in [0.2, 0.25) is 0 Å². The van der Waals surface area contributed by atoms with E-state index < -0.39 is 0 Å². The molecule has 0 fully saturated rings. The van der Waals surface area contributed by atoms with Gasteiger partial charge in [-0.1, -0.05) is 5.16 Å². The molecule has 4 aromatic heterocycles. The molecule has 0 spiro atoms. The van der Waals surface area contributed by atoms with Crippen LogP contribution in [0.4, 0.5) is 11.5 Å². The van der Waals surface area contributed by atoms with Crippen LogP contribution in [0.1, 0.15) is 17.2 Å². The Morgan fingerprint density at radius 1 is 1.24 bits per heavy atom. The normalized spacial score (nSPS) is 11.2. The van der Waals surface area contributed by atoms with Gasteiger partial charge in [-0.25, -0.2) is 4.98 Å². The minimum atomic E-state index is -0.179. The quantitative estimate of drug-likeness (QED) is 0.586. The molecule has 7 nitrogen and oxygen atoms in total. The largest absolute Gasteiger partial charge is 0.455 e. The van der Waals surface area contributed by atoms with Crippen molar-refractivity contribution in [2.24, 2.45) is 0 Å². The summed E-state index contributed by atoms with van der Waals surface area (Å²) in [4.78, 5) is 8.79. The third kappa shape index (κ3) is 2.74. The second-order valence-electron chi connectivity index (χ2n) is 5.71. The minimum Gasteiger partial charge on any atom is -0.455 e. The lowest BCUT2D eigenvalue weighted by molar-refractivity contribution is 0.251. The number of hydrogen-bond donors (Lipinski definition) is 2. The molecule has 0 radical (unpaired) electrons. The van der Waals surface area contributed by atoms with E-state index in [-0.39, 0.29) is 6.61 Å². The highest BCUT2D eigenvalue weighted by atomic mass is 16.5. The van der Waals surface area contributed by atoms with Gasteiger partial charge in [0.15, 0.2) is 11.4 Å². The summed E-state index contributed by atoms with van der Waals surface area (Å²) in [5.41, 5.74) is 3.70. The molecule has 7 heteroatoms. The summed E-state index contributed by atoms with van der Waals surface area (Å²) in [6.07, 6.45) is 3.40. The molecular weight excluding hydrogens is 320 g/mol. The molecule has 4 aromatic rings. The Hall–Kier alpha value is -3.19. The molecular formula is C18H16N4O3. The molecule has 4 heterocycles. The van der Waals surface area contributed by atoms with Crippen LogP contribution in [0.5, 0.6) is 0 Å². The summed E-state index contributed by atoms with van der Waals surface area (Å²) in [6, 6.07) is 7.42. The van der Waals surface area contributed by atoms with Gasteiger partial charge < -0.3 is 19.4 Å². The molecule has 4 rings (SSSR count). The van der Waals surface area contributed by atoms with Crippen molar-refractivity contribution in [3.05, 3.63) is 53.9 Å². The number of furan rings is 1. The highest BCUT2D eigenvalue weighted by Crippen LogP contribution is 2.34. The Balaban J connectivity index is 1.91. The van der Waals surface area contributed by atoms with Gasteiger partial charge in [0.2, 0.25) is 0 Å². The number of aliphatic hydroxyl groups is 1. The maximum Gasteiger partial charge on any atom is 0.177 e. The lowest BCUT2D eigenvalue weighted by Crippen LogP contribution is -1.97. The summed E-state index contributed by atoms with van der Waals surface area (Å²) in [5, 5.41) is 17.4. The predicted octanol–water partition coefficient (Wildman–Crippen LogP) is 3.73. The van der Waals surface area contributed by atoms with Crippen molar-refractivity contribution in [3.8, 4) is 11.3 Å². The summed E-state index contributed by atoms with van der Waals surface area (Å²) in [7, 11) is 0. The molecule has 0 saturated carbocycles. The van der Waals surface area contributed by atoms with Gasteiger partial charge >= 0.3 is 0 Å². The van der Waals surface area contributed by atoms with Crippen LogP contribution < -0.4 is 5.32 Å². The Morgan fingerprint density at radius 3 is 2.80 bits per heavy atom. The van der Waals surface area contributed by atoms with Crippen LogP contribution >= 0.6 is 0 Å². The average molecular weight is 336 g/mol. The van der Waals surface area contributed by atoms with E-state index in [0.29, 0.717) is 22.9 Å². The van der Waals surface area contributed by atoms with E-state index in [0.717, 1.165) is 28.0 Å². The average Bonchev–Trinajstić information content (AvgIpc) is 3.18. The zero-order chi connectivity index (χ0) is 17.4. The first-order valence-corrected chi connectivity index (χ1v) is 7.80. The molecule has 0 aromatic carbocycles. The zero-order valence-corrected chi connectivity index (χ0v) is 13.8. The Labute approximate surface area is 143 Å². The molecule has 0 aliphatic heterocycles. The third-order valence-corrected chi connectivity index (χ3v) is 3.92. The van der Waals surface area contributed by atoms with Gasteiger partial charge in [0.05, 0.1) is 28.8 Å². The van der Waals surface area contributed by atoms with E-state index in [9.17, 15) is 5.11 Å². The molecule has 0 atom stereocenters. The van der Waals surface area contributed by atoms with Crippen molar-refractivity contribution in [3.63, 3.8) is 0 Å². The first-order chi connectivity index (χ1) is 12.2. The van der Waals surface area contributed by atoms with Gasteiger partial charge in [-0.2, -0.15) is 0 Å². The van der Waals surface area contributed by atoms with Gasteiger partial charge in [-0.15, -0.1) is 0 Å². The van der Waals surface area contributed by atoms with Gasteiger partial charge in [0.1, 0.15) is 18.1 Å². The summed E-state index contributed by atoms with van der Waals surface area (Å²) < 4.78 is 11.0. The van der Waals surface area contributed by atoms with Crippen molar-refractivity contribution in [1.29, 1.82) is 0 Å². The minimum absolute atomic E-state index is 0.179. The second kappa shape index (κ2) is 6.03. The van der Waals surface area contributed by atoms with Crippen LogP contribution in [0.3, 0.4) is 0 Å². The summed E-state index contributed by atoms with van der Waals surface area (Å²) >= 11 is 0. The van der Waals surface area contributed by atoms with Crippen molar-refractivity contribution < 1.29 is 14.0 Å². The predicted molar refractivity (Wildman–Crippen MR) is 92.4 cm³/mol. The Kier molecular flexibility index (Phi) is 3.70. The molecule has 0 bridgehead atoms. The summed E-state index contributed by atoms with van der Waals surface area (Å²) in [5.74, 6) is 1.71. The van der Waals surface area contributed by atoms with Crippen LogP contribution in [0.25, 0.3) is 22.2 Å². The smallest absolute Gasteiger partial charge is 0.177 e. The summed E-state index contributed by atoms with van der Waals surface area (Å²) in [6.45, 7) is 3.55. The monoisotopic (exact) mass is 336 g/mol. The van der Waals surface area contributed by atoms with Crippen LogP contribution in [-0.4, -0.2) is 20.2 Å². The number of aryl methyl sites for hydroxylation is 2. The first kappa shape index (κ1) is 15.3. The van der Waals surface area contributed by atoms with E-state index in [4.69, 9.17) is 13.9 Å². The van der Waals surface area contributed by atoms with E-state index in [1.165, 1.54) is 0 Å². The lowest BCUT2D eigenvalue weighted by Gasteiger charge is -2.08. The number of anilines is 2. The number of hydrogen-bond acceptors (Lipinski definition) is 7. The number of fused-ring (bicyclic) bond motifs is 1. The lowest BCUT2D eigenvalue weighted by atomic mass is 10.1. The van der Waals surface area contributed by atoms with Gasteiger partial charge in [-0.3, -0.25) is 4.98 Å². The molecule has 0 amide bonds. The van der Waals surface area contributed by atoms with Crippen molar-refractivity contribution in [2.75, 3.05) is 5.32 Å². The molecule has 2 N–H and O–H groups in total. The molecule has 0 aliphatic carbocycles. The SMILES string of the molecule is Cc1noc(C)c1-c1cc2cc(CO)oc2c(Nc2cccnc2)n1. The standard InChI is InChI=1S/C18H16N4O3/c1-10-16(11(2)25-22-10)15-7-12-6-14(9-23)24-17(12)18(21-15)20-13-4-3-5-19-8-13/h3-8,23H,9H2,1-2H3,(H,20,21). The van der Waals surface area contributed by atoms with Gasteiger partial charge in [-0.05, 0) is 38.1 Å². The highest BCUT2D eigenvalue weighted by Gasteiger charge is 2.18. The van der Waals surface area contributed by atoms with Gasteiger partial charge in [0.25, 0.3) is 0 Å². The number of rotatable bonds is 4. The van der Waals surface area contributed by atoms with Crippen LogP contribution in [0.15, 0.2) is 45.6 Å². The fourth-order valence-electron chi connectivity index (χ4n) is 2.81. The number of aliphatic hydroxyl groups excluding tert-OH is 1. The number of aromatic nitrogens is 3. The highest BCUT2D eigenvalue weighted by molar-refractivity contribution is 5.92. The number of pyridine rings is 2. The molecule has 0 unspecified atom stereocenters. The fraction of sp³-hybridized carbons (Fsp3) is 0.167. The van der Waals surface area contributed by atoms with Crippen molar-refractivity contribution >= 4 is 22.5 Å². The van der Waals surface area contributed by atoms with Gasteiger partial charge in [0, 0.05) is 11.6 Å². The Bertz CT molecular complexity index is 1020. The van der Waals surface area contributed by atoms with E-state index >= 15 is 0 Å². The third-order valence-electron chi connectivity index (χ3n) is 3.92. The molecule has 25 heavy (non-hydrogen) atoms. The topological polar surface area (TPSA) is 97.2 Å². The van der Waals surface area contributed by atoms with Crippen LogP contribution in [-0.2, 0) is 6.61 Å². The molecule has 0 aliphatic rings. The van der Waals surface area contributed by atoms with Crippen molar-refractivity contribution in [1.82, 2.24) is 15.1 Å². The zero-order valence-electron chi connectivity index (χ0n) is 13.8. The van der Waals surface area contributed by atoms with Crippen molar-refractivity contribution in [2.45, 2.75) is 20.5 Å². The fourth-order valence-corrected chi connectivity index (χ4v) is 2.81. The maximum atomic E-state index is 9.39. The number of nitrogens with zero attached hydrogens (tertiary/aromatic N) is 3. The van der Waals surface area contributed by atoms with E-state index in [1.807, 2.05) is 32.0 Å². The van der Waals surface area contributed by atoms with E-state index in [1.54, 1.807) is 18.5 Å². The second-order valence-corrected chi connectivity index (χ2v) is 5.71.